The van der Waals surface area contributed by atoms with Gasteiger partial charge < -0.3 is 0 Å². The first-order valence-electron chi connectivity index (χ1n) is 3.47. The zero-order chi connectivity index (χ0) is 9.14. The summed E-state index contributed by atoms with van der Waals surface area (Å²) in [5.74, 6) is -0.304. The number of hydrogen-bond acceptors (Lipinski definition) is 1. The molecule has 0 aliphatic rings. The normalized spacial score (nSPS) is 9.25. The molecule has 0 saturated heterocycles. The van der Waals surface area contributed by atoms with Crippen LogP contribution in [-0.2, 0) is 0 Å². The summed E-state index contributed by atoms with van der Waals surface area (Å²) in [7, 11) is 0. The van der Waals surface area contributed by atoms with Crippen LogP contribution < -0.4 is 0 Å². The number of hydrogen-bond donors (Lipinski definition) is 0. The van der Waals surface area contributed by atoms with Crippen molar-refractivity contribution in [2.24, 2.45) is 5.11 Å². The van der Waals surface area contributed by atoms with E-state index in [0.29, 0.717) is 16.8 Å². The van der Waals surface area contributed by atoms with Crippen LogP contribution in [0.2, 0.25) is 0 Å². The highest BCUT2D eigenvalue weighted by molar-refractivity contribution is 5.51. The van der Waals surface area contributed by atoms with Crippen LogP contribution in [0, 0.1) is 19.7 Å². The quantitative estimate of drug-likeness (QED) is 0.348. The summed E-state index contributed by atoms with van der Waals surface area (Å²) in [6.45, 7) is 3.42. The fraction of sp³-hybridized carbons (Fsp3) is 0.250. The first-order chi connectivity index (χ1) is 5.65. The van der Waals surface area contributed by atoms with Crippen LogP contribution in [0.1, 0.15) is 11.1 Å². The average molecular weight is 165 g/mol. The molecule has 0 atom stereocenters. The lowest BCUT2D eigenvalue weighted by Gasteiger charge is -2.02. The van der Waals surface area contributed by atoms with Gasteiger partial charge in [0.1, 0.15) is 5.82 Å². The van der Waals surface area contributed by atoms with Crippen LogP contribution >= 0.6 is 0 Å². The molecule has 0 radical (unpaired) electrons. The number of benzene rings is 1. The number of azide groups is 1. The first kappa shape index (κ1) is 8.56. The third-order valence-corrected chi connectivity index (χ3v) is 1.60. The Morgan fingerprint density at radius 3 is 2.25 bits per heavy atom. The van der Waals surface area contributed by atoms with Gasteiger partial charge >= 0.3 is 0 Å². The molecule has 12 heavy (non-hydrogen) atoms. The fourth-order valence-corrected chi connectivity index (χ4v) is 1.11. The van der Waals surface area contributed by atoms with E-state index in [0.717, 1.165) is 0 Å². The Morgan fingerprint density at radius 2 is 1.83 bits per heavy atom. The predicted molar refractivity (Wildman–Crippen MR) is 44.7 cm³/mol. The van der Waals surface area contributed by atoms with Gasteiger partial charge in [0.15, 0.2) is 0 Å². The van der Waals surface area contributed by atoms with Crippen molar-refractivity contribution in [3.8, 4) is 0 Å². The number of nitrogens with zero attached hydrogens (tertiary/aromatic N) is 3. The molecule has 0 aromatic heterocycles. The molecule has 0 aliphatic carbocycles. The van der Waals surface area contributed by atoms with Crippen molar-refractivity contribution in [1.82, 2.24) is 0 Å². The summed E-state index contributed by atoms with van der Waals surface area (Å²) in [6, 6.07) is 2.69. The van der Waals surface area contributed by atoms with Gasteiger partial charge in [-0.15, -0.1) is 0 Å². The highest BCUT2D eigenvalue weighted by atomic mass is 19.1. The smallest absolute Gasteiger partial charge is 0.123 e. The molecule has 0 aliphatic heterocycles. The molecule has 0 spiro atoms. The van der Waals surface area contributed by atoms with Crippen LogP contribution in [0.3, 0.4) is 0 Å². The van der Waals surface area contributed by atoms with Gasteiger partial charge in [0.25, 0.3) is 0 Å². The number of aryl methyl sites for hydroxylation is 2. The molecule has 0 N–H and O–H groups in total. The standard InChI is InChI=1S/C8H8FN3/c1-5-3-7(9)4-6(2)8(5)11-12-10/h3-4H,1-2H3. The maximum absolute atomic E-state index is 12.7. The Hall–Kier alpha value is -1.54. The third-order valence-electron chi connectivity index (χ3n) is 1.60. The lowest BCUT2D eigenvalue weighted by molar-refractivity contribution is 0.625. The molecule has 4 heteroatoms. The van der Waals surface area contributed by atoms with Gasteiger partial charge in [-0.3, -0.25) is 0 Å². The minimum atomic E-state index is -0.304. The zero-order valence-electron chi connectivity index (χ0n) is 6.87. The van der Waals surface area contributed by atoms with Crippen molar-refractivity contribution < 1.29 is 4.39 Å². The Labute approximate surface area is 69.5 Å². The maximum atomic E-state index is 12.7. The van der Waals surface area contributed by atoms with Gasteiger partial charge in [-0.2, -0.15) is 0 Å². The van der Waals surface area contributed by atoms with Gasteiger partial charge in [0.2, 0.25) is 0 Å². The number of halogens is 1. The molecule has 0 bridgehead atoms. The molecule has 62 valence electrons. The summed E-state index contributed by atoms with van der Waals surface area (Å²) < 4.78 is 12.7. The molecule has 0 unspecified atom stereocenters. The van der Waals surface area contributed by atoms with Crippen molar-refractivity contribution >= 4 is 5.69 Å². The summed E-state index contributed by atoms with van der Waals surface area (Å²) in [5.41, 5.74) is 10.0. The van der Waals surface area contributed by atoms with E-state index in [4.69, 9.17) is 5.53 Å². The lowest BCUT2D eigenvalue weighted by atomic mass is 10.1. The molecule has 0 saturated carbocycles. The topological polar surface area (TPSA) is 48.8 Å². The van der Waals surface area contributed by atoms with E-state index >= 15 is 0 Å². The molecular weight excluding hydrogens is 157 g/mol. The van der Waals surface area contributed by atoms with E-state index in [1.54, 1.807) is 13.8 Å². The van der Waals surface area contributed by atoms with Crippen LogP contribution in [0.4, 0.5) is 10.1 Å². The summed E-state index contributed by atoms with van der Waals surface area (Å²) in [6.07, 6.45) is 0. The van der Waals surface area contributed by atoms with E-state index in [9.17, 15) is 4.39 Å². The van der Waals surface area contributed by atoms with Crippen LogP contribution in [-0.4, -0.2) is 0 Å². The minimum absolute atomic E-state index is 0.304. The second-order valence-corrected chi connectivity index (χ2v) is 2.58. The van der Waals surface area contributed by atoms with Crippen molar-refractivity contribution in [2.45, 2.75) is 13.8 Å². The summed E-state index contributed by atoms with van der Waals surface area (Å²) >= 11 is 0. The van der Waals surface area contributed by atoms with Crippen LogP contribution in [0.5, 0.6) is 0 Å². The fourth-order valence-electron chi connectivity index (χ4n) is 1.11. The maximum Gasteiger partial charge on any atom is 0.123 e. The summed E-state index contributed by atoms with van der Waals surface area (Å²) in [5, 5.41) is 3.46. The van der Waals surface area contributed by atoms with Gasteiger partial charge in [0.05, 0.1) is 0 Å². The summed E-state index contributed by atoms with van der Waals surface area (Å²) in [4.78, 5) is 2.66. The molecule has 1 aromatic rings. The minimum Gasteiger partial charge on any atom is -0.207 e. The molecular formula is C8H8FN3. The highest BCUT2D eigenvalue weighted by Crippen LogP contribution is 2.24. The molecule has 0 amide bonds. The SMILES string of the molecule is Cc1cc(F)cc(C)c1N=[N+]=[N-]. The average Bonchev–Trinajstić information content (AvgIpc) is 1.96. The molecule has 3 nitrogen and oxygen atoms in total. The van der Waals surface area contributed by atoms with Gasteiger partial charge in [-0.05, 0) is 42.6 Å². The Bertz CT molecular complexity index is 330. The van der Waals surface area contributed by atoms with Crippen molar-refractivity contribution in [2.75, 3.05) is 0 Å². The van der Waals surface area contributed by atoms with Gasteiger partial charge in [0, 0.05) is 10.6 Å². The Morgan fingerprint density at radius 1 is 1.33 bits per heavy atom. The third kappa shape index (κ3) is 1.54. The molecule has 1 aromatic carbocycles. The predicted octanol–water partition coefficient (Wildman–Crippen LogP) is 3.38. The van der Waals surface area contributed by atoms with Gasteiger partial charge in [-0.25, -0.2) is 4.39 Å². The van der Waals surface area contributed by atoms with E-state index < -0.39 is 0 Å². The lowest BCUT2D eigenvalue weighted by Crippen LogP contribution is -1.82. The first-order valence-corrected chi connectivity index (χ1v) is 3.47. The van der Waals surface area contributed by atoms with Crippen LogP contribution in [0.15, 0.2) is 17.2 Å². The van der Waals surface area contributed by atoms with Crippen LogP contribution in [0.25, 0.3) is 10.4 Å². The van der Waals surface area contributed by atoms with E-state index in [-0.39, 0.29) is 5.82 Å². The van der Waals surface area contributed by atoms with E-state index in [2.05, 4.69) is 10.0 Å². The Balaban J connectivity index is 3.37. The number of rotatable bonds is 1. The second kappa shape index (κ2) is 3.24. The highest BCUT2D eigenvalue weighted by Gasteiger charge is 2.01. The monoisotopic (exact) mass is 165 g/mol. The second-order valence-electron chi connectivity index (χ2n) is 2.58. The molecule has 0 heterocycles. The van der Waals surface area contributed by atoms with Crippen molar-refractivity contribution in [3.63, 3.8) is 0 Å². The van der Waals surface area contributed by atoms with E-state index in [1.165, 1.54) is 12.1 Å². The molecule has 0 fully saturated rings. The van der Waals surface area contributed by atoms with Gasteiger partial charge in [-0.1, -0.05) is 5.11 Å². The van der Waals surface area contributed by atoms with Crippen molar-refractivity contribution in [1.29, 1.82) is 0 Å². The van der Waals surface area contributed by atoms with Crippen molar-refractivity contribution in [3.05, 3.63) is 39.5 Å². The zero-order valence-corrected chi connectivity index (χ0v) is 6.87. The largest absolute Gasteiger partial charge is 0.207 e. The van der Waals surface area contributed by atoms with E-state index in [1.807, 2.05) is 0 Å². The molecule has 1 rings (SSSR count). The Kier molecular flexibility index (Phi) is 2.31.